The topological polar surface area (TPSA) is 123 Å². The highest BCUT2D eigenvalue weighted by molar-refractivity contribution is 6.36. The van der Waals surface area contributed by atoms with Crippen molar-refractivity contribution in [2.45, 2.75) is 83.4 Å². The Morgan fingerprint density at radius 1 is 0.982 bits per heavy atom. The van der Waals surface area contributed by atoms with E-state index in [1.165, 1.54) is 5.56 Å². The zero-order valence-corrected chi connectivity index (χ0v) is 32.9. The van der Waals surface area contributed by atoms with E-state index >= 15 is 0 Å². The zero-order chi connectivity index (χ0) is 38.4. The van der Waals surface area contributed by atoms with Crippen molar-refractivity contribution in [1.82, 2.24) is 20.2 Å². The zero-order valence-electron chi connectivity index (χ0n) is 31.4. The number of carbonyl (C=O) groups is 2. The second kappa shape index (κ2) is 15.3. The van der Waals surface area contributed by atoms with Gasteiger partial charge in [0.2, 0.25) is 23.5 Å². The van der Waals surface area contributed by atoms with Crippen LogP contribution in [0.15, 0.2) is 48.5 Å². The number of ether oxygens (including phenoxy) is 3. The minimum Gasteiger partial charge on any atom is -0.481 e. The second-order valence-electron chi connectivity index (χ2n) is 15.6. The van der Waals surface area contributed by atoms with Crippen LogP contribution in [-0.4, -0.2) is 65.2 Å². The number of rotatable bonds is 13. The third kappa shape index (κ3) is 7.36. The Kier molecular flexibility index (Phi) is 10.4. The number of carboxylic acid groups (broad SMARTS) is 1. The summed E-state index contributed by atoms with van der Waals surface area (Å²) < 4.78 is 18.0. The van der Waals surface area contributed by atoms with Crippen LogP contribution in [0.2, 0.25) is 10.0 Å². The molecule has 2 aromatic heterocycles. The molecule has 8 rings (SSSR count). The Bertz CT molecular complexity index is 2160. The van der Waals surface area contributed by atoms with Crippen LogP contribution in [0.25, 0.3) is 22.4 Å². The molecule has 2 aliphatic heterocycles. The third-order valence-electron chi connectivity index (χ3n) is 12.1. The molecule has 4 aliphatic rings. The van der Waals surface area contributed by atoms with E-state index in [1.807, 2.05) is 43.3 Å². The van der Waals surface area contributed by atoms with Gasteiger partial charge in [-0.1, -0.05) is 59.6 Å². The van der Waals surface area contributed by atoms with Crippen LogP contribution in [0.4, 0.5) is 0 Å². The fourth-order valence-corrected chi connectivity index (χ4v) is 9.56. The maximum atomic E-state index is 12.0. The molecular formula is C43H46Cl2N4O6. The van der Waals surface area contributed by atoms with E-state index < -0.39 is 5.97 Å². The van der Waals surface area contributed by atoms with Crippen LogP contribution in [0, 0.1) is 18.3 Å². The lowest BCUT2D eigenvalue weighted by molar-refractivity contribution is -0.143. The molecule has 12 heteroatoms. The summed E-state index contributed by atoms with van der Waals surface area (Å²) in [4.78, 5) is 35.4. The Labute approximate surface area is 331 Å². The van der Waals surface area contributed by atoms with Gasteiger partial charge in [0.1, 0.15) is 11.1 Å². The van der Waals surface area contributed by atoms with Gasteiger partial charge in [0.05, 0.1) is 30.9 Å². The number of hydrogen-bond donors (Lipinski definition) is 2. The van der Waals surface area contributed by atoms with Crippen molar-refractivity contribution in [3.8, 4) is 40.0 Å². The summed E-state index contributed by atoms with van der Waals surface area (Å²) in [7, 11) is 3.23. The fraction of sp³-hybridized carbons (Fsp3) is 0.442. The van der Waals surface area contributed by atoms with E-state index in [4.69, 9.17) is 47.4 Å². The molecule has 1 saturated carbocycles. The molecule has 1 amide bonds. The summed E-state index contributed by atoms with van der Waals surface area (Å²) >= 11 is 14.0. The number of aromatic nitrogens is 2. The SMILES string of the molecule is COc1nc(O[C@H]2CCc3c(-c4cccc(-c5cc(C)c(CN6CC(C(=O)O)C7(CC7)C6)c(OC)n5)c4Cl)cccc32)c(Cl)cc1CCC[C@@H]1CCC(=O)N1. The van der Waals surface area contributed by atoms with Gasteiger partial charge in [0.25, 0.3) is 0 Å². The summed E-state index contributed by atoms with van der Waals surface area (Å²) in [5.41, 5.74) is 8.51. The number of halogens is 2. The number of benzene rings is 2. The molecule has 55 heavy (non-hydrogen) atoms. The molecule has 0 bridgehead atoms. The van der Waals surface area contributed by atoms with Gasteiger partial charge in [-0.15, -0.1) is 0 Å². The summed E-state index contributed by atoms with van der Waals surface area (Å²) in [5, 5.41) is 13.9. The number of nitrogens with one attached hydrogen (secondary N) is 1. The molecule has 1 unspecified atom stereocenters. The largest absolute Gasteiger partial charge is 0.481 e. The maximum absolute atomic E-state index is 12.0. The minimum atomic E-state index is -0.702. The number of fused-ring (bicyclic) bond motifs is 1. The van der Waals surface area contributed by atoms with Gasteiger partial charge in [0.15, 0.2) is 0 Å². The first-order valence-corrected chi connectivity index (χ1v) is 19.9. The normalized spacial score (nSPS) is 21.1. The number of aliphatic carboxylic acids is 1. The molecule has 2 saturated heterocycles. The average molecular weight is 786 g/mol. The summed E-state index contributed by atoms with van der Waals surface area (Å²) in [5.74, 6) is 0.455. The molecule has 2 N–H and O–H groups in total. The van der Waals surface area contributed by atoms with Gasteiger partial charge in [-0.25, -0.2) is 4.98 Å². The molecule has 1 spiro atoms. The smallest absolute Gasteiger partial charge is 0.308 e. The monoisotopic (exact) mass is 784 g/mol. The lowest BCUT2D eigenvalue weighted by atomic mass is 9.93. The van der Waals surface area contributed by atoms with Crippen LogP contribution < -0.4 is 19.5 Å². The first-order chi connectivity index (χ1) is 26.6. The number of hydrogen-bond acceptors (Lipinski definition) is 8. The molecule has 2 aliphatic carbocycles. The van der Waals surface area contributed by atoms with E-state index in [-0.39, 0.29) is 29.4 Å². The van der Waals surface area contributed by atoms with Crippen molar-refractivity contribution in [1.29, 1.82) is 0 Å². The molecule has 2 aromatic carbocycles. The molecule has 10 nitrogen and oxygen atoms in total. The first-order valence-electron chi connectivity index (χ1n) is 19.2. The van der Waals surface area contributed by atoms with E-state index in [9.17, 15) is 14.7 Å². The highest BCUT2D eigenvalue weighted by Crippen LogP contribution is 2.56. The lowest BCUT2D eigenvalue weighted by Crippen LogP contribution is -2.25. The summed E-state index contributed by atoms with van der Waals surface area (Å²) in [6.45, 7) is 3.95. The Hall–Kier alpha value is -4.38. The number of amides is 1. The summed E-state index contributed by atoms with van der Waals surface area (Å²) in [6.07, 6.45) is 7.23. The maximum Gasteiger partial charge on any atom is 0.308 e. The van der Waals surface area contributed by atoms with Crippen molar-refractivity contribution >= 4 is 35.1 Å². The van der Waals surface area contributed by atoms with E-state index in [2.05, 4.69) is 22.3 Å². The van der Waals surface area contributed by atoms with Crippen LogP contribution in [-0.2, 0) is 29.0 Å². The number of carboxylic acids is 1. The molecule has 4 aromatic rings. The first kappa shape index (κ1) is 37.5. The van der Waals surface area contributed by atoms with Crippen molar-refractivity contribution in [2.24, 2.45) is 11.3 Å². The van der Waals surface area contributed by atoms with Crippen molar-refractivity contribution in [2.75, 3.05) is 27.3 Å². The van der Waals surface area contributed by atoms with Gasteiger partial charge in [-0.05, 0) is 98.1 Å². The summed E-state index contributed by atoms with van der Waals surface area (Å²) in [6, 6.07) is 16.4. The number of likely N-dealkylation sites (tertiary alicyclic amines) is 1. The van der Waals surface area contributed by atoms with Crippen molar-refractivity contribution in [3.63, 3.8) is 0 Å². The van der Waals surface area contributed by atoms with Crippen LogP contribution in [0.3, 0.4) is 0 Å². The number of methoxy groups -OCH3 is 2. The number of pyridine rings is 2. The predicted molar refractivity (Wildman–Crippen MR) is 211 cm³/mol. The number of carbonyl (C=O) groups excluding carboxylic acids is 1. The molecular weight excluding hydrogens is 739 g/mol. The molecule has 3 fully saturated rings. The predicted octanol–water partition coefficient (Wildman–Crippen LogP) is 8.41. The van der Waals surface area contributed by atoms with Crippen LogP contribution in [0.1, 0.15) is 78.9 Å². The minimum absolute atomic E-state index is 0.0845. The molecule has 288 valence electrons. The van der Waals surface area contributed by atoms with Crippen molar-refractivity contribution < 1.29 is 28.9 Å². The number of nitrogens with zero attached hydrogens (tertiary/aromatic N) is 3. The fourth-order valence-electron chi connectivity index (χ4n) is 9.02. The quantitative estimate of drug-likeness (QED) is 0.138. The van der Waals surface area contributed by atoms with E-state index in [0.717, 1.165) is 96.9 Å². The Morgan fingerprint density at radius 3 is 2.45 bits per heavy atom. The van der Waals surface area contributed by atoms with E-state index in [1.54, 1.807) is 14.2 Å². The second-order valence-corrected chi connectivity index (χ2v) is 16.3. The number of aryl methyl sites for hydroxylation is 2. The van der Waals surface area contributed by atoms with Crippen molar-refractivity contribution in [3.05, 3.63) is 86.4 Å². The van der Waals surface area contributed by atoms with E-state index in [0.29, 0.717) is 52.9 Å². The van der Waals surface area contributed by atoms with Gasteiger partial charge in [-0.3, -0.25) is 14.5 Å². The van der Waals surface area contributed by atoms with Gasteiger partial charge < -0.3 is 24.6 Å². The van der Waals surface area contributed by atoms with Gasteiger partial charge >= 0.3 is 5.97 Å². The van der Waals surface area contributed by atoms with Crippen LogP contribution >= 0.6 is 23.2 Å². The average Bonchev–Trinajstić information content (AvgIpc) is 3.43. The Balaban J connectivity index is 1.01. The molecule has 3 atom stereocenters. The van der Waals surface area contributed by atoms with Gasteiger partial charge in [0, 0.05) is 54.4 Å². The van der Waals surface area contributed by atoms with Crippen LogP contribution in [0.5, 0.6) is 17.6 Å². The van der Waals surface area contributed by atoms with Gasteiger partial charge in [-0.2, -0.15) is 4.98 Å². The Morgan fingerprint density at radius 2 is 1.75 bits per heavy atom. The molecule has 4 heterocycles. The standard InChI is InChI=1S/C43H46Cl2N4O6/c1-24-19-35(47-40(54-3)32(24)21-49-22-33(42(51)52)43(23-49)17-18-43)31-12-6-11-30(38(31)45)27-9-5-10-29-28(27)14-15-36(29)55-41-34(44)20-25(39(48-41)53-2)7-4-8-26-13-16-37(50)46-26/h5-6,9-12,19-20,26,33,36H,4,7-8,13-18,21-23H2,1-3H3,(H,46,50)(H,51,52)/t26-,33?,36+/m1/s1. The molecule has 0 radical (unpaired) electrons. The lowest BCUT2D eigenvalue weighted by Gasteiger charge is -2.20. The highest BCUT2D eigenvalue weighted by atomic mass is 35.5. The highest BCUT2D eigenvalue weighted by Gasteiger charge is 2.57. The third-order valence-corrected chi connectivity index (χ3v) is 12.8.